The Balaban J connectivity index is 2.47. The number of fused-ring (bicyclic) bond motifs is 1. The fourth-order valence-electron chi connectivity index (χ4n) is 2.19. The second-order valence-corrected chi connectivity index (χ2v) is 7.15. The molecule has 1 aromatic rings. The third-order valence-electron chi connectivity index (χ3n) is 2.95. The zero-order chi connectivity index (χ0) is 15.1. The van der Waals surface area contributed by atoms with Crippen LogP contribution in [0.5, 0.6) is 0 Å². The van der Waals surface area contributed by atoms with Gasteiger partial charge in [-0.1, -0.05) is 13.8 Å². The minimum absolute atomic E-state index is 0.130. The Morgan fingerprint density at radius 3 is 2.45 bits per heavy atom. The van der Waals surface area contributed by atoms with Crippen LogP contribution in [0.15, 0.2) is 12.1 Å². The first-order valence-corrected chi connectivity index (χ1v) is 8.03. The van der Waals surface area contributed by atoms with Crippen molar-refractivity contribution in [2.75, 3.05) is 4.72 Å². The van der Waals surface area contributed by atoms with E-state index in [1.165, 1.54) is 0 Å². The predicted molar refractivity (Wildman–Crippen MR) is 76.6 cm³/mol. The van der Waals surface area contributed by atoms with Crippen molar-refractivity contribution < 1.29 is 13.2 Å². The number of amides is 1. The van der Waals surface area contributed by atoms with Crippen LogP contribution in [0.1, 0.15) is 43.7 Å². The zero-order valence-electron chi connectivity index (χ0n) is 12.0. The number of carbonyl (C=O) groups excluding carboxylic acids is 1. The molecular formula is C13H19N3O3S. The van der Waals surface area contributed by atoms with Gasteiger partial charge in [-0.3, -0.25) is 4.79 Å². The molecule has 0 radical (unpaired) electrons. The second-order valence-electron chi connectivity index (χ2n) is 5.60. The van der Waals surface area contributed by atoms with Gasteiger partial charge in [-0.25, -0.2) is 14.0 Å². The Labute approximate surface area is 119 Å². The van der Waals surface area contributed by atoms with E-state index in [-0.39, 0.29) is 5.82 Å². The molecule has 20 heavy (non-hydrogen) atoms. The lowest BCUT2D eigenvalue weighted by Crippen LogP contribution is -2.48. The van der Waals surface area contributed by atoms with Crippen LogP contribution < -0.4 is 4.72 Å². The Hall–Kier alpha value is -1.63. The first kappa shape index (κ1) is 14.8. The summed E-state index contributed by atoms with van der Waals surface area (Å²) in [5.41, 5.74) is 1.06. The summed E-state index contributed by atoms with van der Waals surface area (Å²) in [6, 6.07) is 2.97. The van der Waals surface area contributed by atoms with Crippen LogP contribution in [0.4, 0.5) is 5.82 Å². The number of carbonyl (C=O) groups is 1. The van der Waals surface area contributed by atoms with Crippen molar-refractivity contribution in [2.45, 2.75) is 40.2 Å². The van der Waals surface area contributed by atoms with E-state index in [0.29, 0.717) is 11.5 Å². The van der Waals surface area contributed by atoms with Crippen molar-refractivity contribution in [3.63, 3.8) is 0 Å². The molecule has 2 rings (SSSR count). The molecule has 0 saturated heterocycles. The Morgan fingerprint density at radius 1 is 1.25 bits per heavy atom. The van der Waals surface area contributed by atoms with Gasteiger partial charge in [-0.05, 0) is 38.3 Å². The lowest BCUT2D eigenvalue weighted by atomic mass is 10.1. The molecule has 0 saturated carbocycles. The average Bonchev–Trinajstić information content (AvgIpc) is 2.25. The second kappa shape index (κ2) is 5.05. The molecular weight excluding hydrogens is 278 g/mol. The predicted octanol–water partition coefficient (Wildman–Crippen LogP) is 1.80. The summed E-state index contributed by atoms with van der Waals surface area (Å²) in [7, 11) is -3.86. The lowest BCUT2D eigenvalue weighted by molar-refractivity contribution is 0.0833. The van der Waals surface area contributed by atoms with Crippen molar-refractivity contribution in [3.8, 4) is 0 Å². The van der Waals surface area contributed by atoms with Gasteiger partial charge < -0.3 is 0 Å². The third-order valence-corrected chi connectivity index (χ3v) is 4.51. The minimum Gasteiger partial charge on any atom is -0.268 e. The highest BCUT2D eigenvalue weighted by molar-refractivity contribution is 7.91. The maximum absolute atomic E-state index is 12.3. The number of aromatic nitrogens is 1. The lowest BCUT2D eigenvalue weighted by Gasteiger charge is -2.31. The van der Waals surface area contributed by atoms with Crippen molar-refractivity contribution in [2.24, 2.45) is 5.92 Å². The normalized spacial score (nSPS) is 17.3. The average molecular weight is 297 g/mol. The number of hydrogen-bond acceptors (Lipinski definition) is 4. The molecule has 0 fully saturated rings. The maximum Gasteiger partial charge on any atom is 0.327 e. The monoisotopic (exact) mass is 297 g/mol. The summed E-state index contributed by atoms with van der Waals surface area (Å²) >= 11 is 0. The Bertz CT molecular complexity index is 638. The molecule has 110 valence electrons. The molecule has 1 aromatic heterocycles. The standard InChI is InChI=1S/C13H19N3O3S/c1-8(2)7-10-5-6-11-12(14-10)15-20(18,19)16(9(3)4)13(11)17/h5-6,8-9H,7H2,1-4H3,(H,14,15). The smallest absolute Gasteiger partial charge is 0.268 e. The molecule has 1 aliphatic rings. The first-order chi connectivity index (χ1) is 9.22. The van der Waals surface area contributed by atoms with E-state index >= 15 is 0 Å². The highest BCUT2D eigenvalue weighted by atomic mass is 32.2. The number of rotatable bonds is 3. The number of nitrogens with one attached hydrogen (secondary N) is 1. The van der Waals surface area contributed by atoms with Crippen molar-refractivity contribution in [3.05, 3.63) is 23.4 Å². The van der Waals surface area contributed by atoms with Crippen molar-refractivity contribution in [1.82, 2.24) is 9.29 Å². The molecule has 1 amide bonds. The summed E-state index contributed by atoms with van der Waals surface area (Å²) in [4.78, 5) is 16.5. The molecule has 2 heterocycles. The van der Waals surface area contributed by atoms with E-state index < -0.39 is 22.2 Å². The van der Waals surface area contributed by atoms with Gasteiger partial charge >= 0.3 is 10.2 Å². The number of anilines is 1. The molecule has 0 spiro atoms. The van der Waals surface area contributed by atoms with Crippen molar-refractivity contribution in [1.29, 1.82) is 0 Å². The maximum atomic E-state index is 12.3. The molecule has 0 atom stereocenters. The van der Waals surface area contributed by atoms with Gasteiger partial charge in [-0.2, -0.15) is 8.42 Å². The van der Waals surface area contributed by atoms with Gasteiger partial charge in [0.15, 0.2) is 5.82 Å². The number of hydrogen-bond donors (Lipinski definition) is 1. The van der Waals surface area contributed by atoms with E-state index in [0.717, 1.165) is 16.4 Å². The van der Waals surface area contributed by atoms with Crippen molar-refractivity contribution >= 4 is 21.9 Å². The summed E-state index contributed by atoms with van der Waals surface area (Å²) in [5, 5.41) is 0. The Morgan fingerprint density at radius 2 is 1.90 bits per heavy atom. The van der Waals surface area contributed by atoms with Crippen LogP contribution in [-0.2, 0) is 16.6 Å². The zero-order valence-corrected chi connectivity index (χ0v) is 12.9. The summed E-state index contributed by atoms with van der Waals surface area (Å²) < 4.78 is 27.4. The molecule has 0 aliphatic carbocycles. The van der Waals surface area contributed by atoms with Crippen LogP contribution in [0.25, 0.3) is 0 Å². The fourth-order valence-corrected chi connectivity index (χ4v) is 3.56. The highest BCUT2D eigenvalue weighted by Crippen LogP contribution is 2.26. The molecule has 7 heteroatoms. The van der Waals surface area contributed by atoms with Gasteiger partial charge in [0.25, 0.3) is 5.91 Å². The van der Waals surface area contributed by atoms with Crippen LogP contribution in [0.2, 0.25) is 0 Å². The summed E-state index contributed by atoms with van der Waals surface area (Å²) in [6.07, 6.45) is 0.733. The van der Waals surface area contributed by atoms with E-state index in [2.05, 4.69) is 23.6 Å². The highest BCUT2D eigenvalue weighted by Gasteiger charge is 2.38. The molecule has 0 unspecified atom stereocenters. The Kier molecular flexibility index (Phi) is 3.73. The van der Waals surface area contributed by atoms with E-state index in [1.807, 2.05) is 0 Å². The first-order valence-electron chi connectivity index (χ1n) is 6.59. The van der Waals surface area contributed by atoms with E-state index in [9.17, 15) is 13.2 Å². The van der Waals surface area contributed by atoms with E-state index in [4.69, 9.17) is 0 Å². The van der Waals surface area contributed by atoms with Crippen LogP contribution in [0.3, 0.4) is 0 Å². The van der Waals surface area contributed by atoms with Crippen LogP contribution in [-0.4, -0.2) is 29.7 Å². The molecule has 1 aliphatic heterocycles. The van der Waals surface area contributed by atoms with Gasteiger partial charge in [0.1, 0.15) is 0 Å². The molecule has 1 N–H and O–H groups in total. The van der Waals surface area contributed by atoms with Crippen LogP contribution in [0, 0.1) is 5.92 Å². The summed E-state index contributed by atoms with van der Waals surface area (Å²) in [6.45, 7) is 7.42. The molecule has 0 bridgehead atoms. The van der Waals surface area contributed by atoms with E-state index in [1.54, 1.807) is 26.0 Å². The summed E-state index contributed by atoms with van der Waals surface area (Å²) in [5.74, 6) is 0.00556. The largest absolute Gasteiger partial charge is 0.327 e. The van der Waals surface area contributed by atoms with Gasteiger partial charge in [0.05, 0.1) is 5.56 Å². The van der Waals surface area contributed by atoms with Gasteiger partial charge in [-0.15, -0.1) is 0 Å². The van der Waals surface area contributed by atoms with Gasteiger partial charge in [0, 0.05) is 11.7 Å². The fraction of sp³-hybridized carbons (Fsp3) is 0.538. The van der Waals surface area contributed by atoms with Crippen LogP contribution >= 0.6 is 0 Å². The molecule has 6 nitrogen and oxygen atoms in total. The minimum atomic E-state index is -3.86. The number of nitrogens with zero attached hydrogens (tertiary/aromatic N) is 2. The third kappa shape index (κ3) is 2.63. The SMILES string of the molecule is CC(C)Cc1ccc2c(n1)NS(=O)(=O)N(C(C)C)C2=O. The molecule has 0 aromatic carbocycles. The number of pyridine rings is 1. The topological polar surface area (TPSA) is 79.4 Å². The van der Waals surface area contributed by atoms with Gasteiger partial charge in [0.2, 0.25) is 0 Å². The quantitative estimate of drug-likeness (QED) is 0.922.